The Morgan fingerprint density at radius 3 is 2.52 bits per heavy atom. The summed E-state index contributed by atoms with van der Waals surface area (Å²) < 4.78 is 27.0. The maximum atomic E-state index is 14.5. The Bertz CT molecular complexity index is 1150. The third-order valence-corrected chi connectivity index (χ3v) is 7.95. The van der Waals surface area contributed by atoms with Crippen molar-refractivity contribution in [2.24, 2.45) is 0 Å². The maximum Gasteiger partial charge on any atom is 0.310 e. The number of fused-ring (bicyclic) bond motifs is 1. The zero-order valence-corrected chi connectivity index (χ0v) is 20.7. The average molecular weight is 482 g/mol. The second kappa shape index (κ2) is 9.14. The third-order valence-electron chi connectivity index (χ3n) is 5.03. The molecule has 0 aliphatic rings. The monoisotopic (exact) mass is 481 g/mol. The highest BCUT2D eigenvalue weighted by Gasteiger charge is 2.25. The Morgan fingerprint density at radius 2 is 1.94 bits per heavy atom. The summed E-state index contributed by atoms with van der Waals surface area (Å²) in [5, 5.41) is 0.578. The third kappa shape index (κ3) is 5.19. The van der Waals surface area contributed by atoms with Crippen molar-refractivity contribution < 1.29 is 23.5 Å². The van der Waals surface area contributed by atoms with Crippen LogP contribution < -0.4 is 4.74 Å². The highest BCUT2D eigenvalue weighted by molar-refractivity contribution is 7.18. The minimum absolute atomic E-state index is 0.0195. The quantitative estimate of drug-likeness (QED) is 0.310. The van der Waals surface area contributed by atoms with Crippen molar-refractivity contribution in [3.05, 3.63) is 50.6 Å². The summed E-state index contributed by atoms with van der Waals surface area (Å²) in [7, 11) is 0.0427. The predicted molar refractivity (Wildman–Crippen MR) is 125 cm³/mol. The topological polar surface area (TPSA) is 57.5 Å². The number of carbonyl (C=O) groups is 2. The number of esters is 1. The first kappa shape index (κ1) is 23.5. The van der Waals surface area contributed by atoms with E-state index < -0.39 is 13.9 Å². The van der Waals surface area contributed by atoms with Gasteiger partial charge in [0.25, 0.3) is 5.91 Å². The van der Waals surface area contributed by atoms with Gasteiger partial charge in [0.05, 0.1) is 34.9 Å². The van der Waals surface area contributed by atoms with Crippen molar-refractivity contribution in [1.29, 1.82) is 0 Å². The van der Waals surface area contributed by atoms with Crippen LogP contribution in [0.3, 0.4) is 0 Å². The first-order valence-corrected chi connectivity index (χ1v) is 14.7. The van der Waals surface area contributed by atoms with Gasteiger partial charge in [0.15, 0.2) is 11.6 Å². The zero-order chi connectivity index (χ0) is 22.9. The van der Waals surface area contributed by atoms with Crippen LogP contribution >= 0.6 is 22.9 Å². The Kier molecular flexibility index (Phi) is 6.93. The fourth-order valence-corrected chi connectivity index (χ4v) is 5.01. The summed E-state index contributed by atoms with van der Waals surface area (Å²) in [5.41, 5.74) is 1.54. The molecule has 0 aliphatic heterocycles. The van der Waals surface area contributed by atoms with Gasteiger partial charge < -0.3 is 9.47 Å². The van der Waals surface area contributed by atoms with Crippen LogP contribution in [0, 0.1) is 12.7 Å². The summed E-state index contributed by atoms with van der Waals surface area (Å²) in [6.07, 6.45) is -0.0195. The molecule has 2 aromatic heterocycles. The molecular weight excluding hydrogens is 457 g/mol. The van der Waals surface area contributed by atoms with Crippen LogP contribution in [-0.2, 0) is 16.0 Å². The highest BCUT2D eigenvalue weighted by atomic mass is 35.5. The van der Waals surface area contributed by atoms with Gasteiger partial charge in [-0.15, -0.1) is 11.3 Å². The molecule has 0 radical (unpaired) electrons. The fourth-order valence-electron chi connectivity index (χ4n) is 3.33. The molecule has 166 valence electrons. The summed E-state index contributed by atoms with van der Waals surface area (Å²) in [4.78, 5) is 26.2. The van der Waals surface area contributed by atoms with Crippen molar-refractivity contribution in [3.63, 3.8) is 0 Å². The molecule has 0 atom stereocenters. The number of benzene rings is 1. The average Bonchev–Trinajstić information content (AvgIpc) is 3.21. The summed E-state index contributed by atoms with van der Waals surface area (Å²) in [6, 6.07) is 6.92. The maximum absolute atomic E-state index is 14.5. The molecule has 0 aliphatic carbocycles. The number of halogens is 2. The number of thiophene rings is 1. The number of carbonyl (C=O) groups excluding carboxylic acids is 2. The summed E-state index contributed by atoms with van der Waals surface area (Å²) in [5.74, 6) is -1.25. The lowest BCUT2D eigenvalue weighted by Crippen LogP contribution is -2.23. The molecule has 2 heterocycles. The van der Waals surface area contributed by atoms with Gasteiger partial charge in [-0.2, -0.15) is 0 Å². The van der Waals surface area contributed by atoms with Crippen molar-refractivity contribution in [1.82, 2.24) is 4.57 Å². The van der Waals surface area contributed by atoms with Crippen LogP contribution in [0.25, 0.3) is 10.9 Å². The van der Waals surface area contributed by atoms with Crippen LogP contribution in [-0.4, -0.2) is 38.2 Å². The van der Waals surface area contributed by atoms with E-state index in [0.717, 1.165) is 17.4 Å². The fraction of sp³-hybridized carbons (Fsp3) is 0.364. The lowest BCUT2D eigenvalue weighted by Gasteiger charge is -2.15. The predicted octanol–water partition coefficient (Wildman–Crippen LogP) is 5.92. The Hall–Kier alpha value is -2.16. The van der Waals surface area contributed by atoms with Gasteiger partial charge in [-0.25, -0.2) is 4.39 Å². The molecule has 0 unspecified atom stereocenters. The van der Waals surface area contributed by atoms with Gasteiger partial charge in [-0.1, -0.05) is 31.2 Å². The largest absolute Gasteiger partial charge is 0.494 e. The molecule has 0 bridgehead atoms. The zero-order valence-electron chi connectivity index (χ0n) is 18.2. The van der Waals surface area contributed by atoms with Crippen LogP contribution in [0.5, 0.6) is 5.75 Å². The van der Waals surface area contributed by atoms with Crippen LogP contribution in [0.1, 0.15) is 20.9 Å². The molecule has 1 aromatic carbocycles. The molecule has 0 saturated heterocycles. The smallest absolute Gasteiger partial charge is 0.310 e. The second-order valence-electron chi connectivity index (χ2n) is 8.52. The number of nitrogens with zero attached hydrogens (tertiary/aromatic N) is 1. The van der Waals surface area contributed by atoms with Gasteiger partial charge >= 0.3 is 5.97 Å². The first-order chi connectivity index (χ1) is 14.5. The number of aromatic nitrogens is 1. The van der Waals surface area contributed by atoms with Crippen LogP contribution in [0.15, 0.2) is 24.3 Å². The van der Waals surface area contributed by atoms with E-state index in [1.165, 1.54) is 23.8 Å². The summed E-state index contributed by atoms with van der Waals surface area (Å²) in [6.45, 7) is 8.74. The molecule has 9 heteroatoms. The number of rotatable bonds is 7. The first-order valence-electron chi connectivity index (χ1n) is 9.85. The standard InChI is InChI=1S/C22H25ClFNO4SSi/c1-13-14(11-21(26)29-8-9-31(3,4)5)15-10-18(28-2)16(24)12-17(15)25(13)22(27)19-6-7-20(23)30-19/h6-7,10,12H,8-9,11H2,1-5H3. The normalized spacial score (nSPS) is 11.7. The molecule has 0 N–H and O–H groups in total. The van der Waals surface area contributed by atoms with Gasteiger partial charge in [0, 0.05) is 25.2 Å². The van der Waals surface area contributed by atoms with E-state index in [9.17, 15) is 14.0 Å². The van der Waals surface area contributed by atoms with Gasteiger partial charge in [-0.05, 0) is 36.7 Å². The van der Waals surface area contributed by atoms with Gasteiger partial charge in [0.2, 0.25) is 0 Å². The van der Waals surface area contributed by atoms with Gasteiger partial charge in [-0.3, -0.25) is 14.2 Å². The van der Waals surface area contributed by atoms with E-state index in [4.69, 9.17) is 21.1 Å². The van der Waals surface area contributed by atoms with Gasteiger partial charge in [0.1, 0.15) is 0 Å². The number of ether oxygens (including phenoxy) is 2. The van der Waals surface area contributed by atoms with E-state index >= 15 is 0 Å². The van der Waals surface area contributed by atoms with E-state index in [2.05, 4.69) is 19.6 Å². The van der Waals surface area contributed by atoms with Crippen molar-refractivity contribution in [3.8, 4) is 5.75 Å². The Labute approximate surface area is 190 Å². The highest BCUT2D eigenvalue weighted by Crippen LogP contribution is 2.33. The molecule has 31 heavy (non-hydrogen) atoms. The molecule has 0 fully saturated rings. The minimum Gasteiger partial charge on any atom is -0.494 e. The molecule has 0 amide bonds. The molecule has 3 aromatic rings. The Morgan fingerprint density at radius 1 is 1.23 bits per heavy atom. The van der Waals surface area contributed by atoms with Crippen molar-refractivity contribution in [2.75, 3.05) is 13.7 Å². The van der Waals surface area contributed by atoms with Crippen molar-refractivity contribution >= 4 is 53.8 Å². The number of hydrogen-bond donors (Lipinski definition) is 0. The van der Waals surface area contributed by atoms with Crippen LogP contribution in [0.4, 0.5) is 4.39 Å². The summed E-state index contributed by atoms with van der Waals surface area (Å²) >= 11 is 7.14. The molecule has 0 spiro atoms. The molecule has 5 nitrogen and oxygen atoms in total. The lowest BCUT2D eigenvalue weighted by molar-refractivity contribution is -0.142. The lowest BCUT2D eigenvalue weighted by atomic mass is 10.1. The van der Waals surface area contributed by atoms with E-state index in [-0.39, 0.29) is 24.0 Å². The minimum atomic E-state index is -1.33. The van der Waals surface area contributed by atoms with Crippen molar-refractivity contribution in [2.45, 2.75) is 39.0 Å². The molecule has 0 saturated carbocycles. The molecule has 3 rings (SSSR count). The SMILES string of the molecule is COc1cc2c(CC(=O)OCC[Si](C)(C)C)c(C)n(C(=O)c3ccc(Cl)s3)c2cc1F. The van der Waals surface area contributed by atoms with E-state index in [1.807, 2.05) is 0 Å². The van der Waals surface area contributed by atoms with E-state index in [1.54, 1.807) is 19.1 Å². The second-order valence-corrected chi connectivity index (χ2v) is 15.9. The van der Waals surface area contributed by atoms with E-state index in [0.29, 0.717) is 38.0 Å². The number of methoxy groups -OCH3 is 1. The van der Waals surface area contributed by atoms with Crippen LogP contribution in [0.2, 0.25) is 30.0 Å². The number of hydrogen-bond acceptors (Lipinski definition) is 5. The molecular formula is C22H25ClFNO4SSi. The Balaban J connectivity index is 2.03.